The molecule has 0 radical (unpaired) electrons. The minimum Gasteiger partial charge on any atom is -0.439 e. The van der Waals surface area contributed by atoms with Crippen LogP contribution in [0.2, 0.25) is 0 Å². The van der Waals surface area contributed by atoms with E-state index in [2.05, 4.69) is 16.4 Å². The highest BCUT2D eigenvalue weighted by molar-refractivity contribution is 5.72. The highest BCUT2D eigenvalue weighted by atomic mass is 19.1. The van der Waals surface area contributed by atoms with Crippen LogP contribution in [0.3, 0.4) is 0 Å². The second-order valence-corrected chi connectivity index (χ2v) is 6.38. The van der Waals surface area contributed by atoms with E-state index in [0.717, 1.165) is 22.3 Å². The summed E-state index contributed by atoms with van der Waals surface area (Å²) in [5.74, 6) is -0.365. The summed E-state index contributed by atoms with van der Waals surface area (Å²) in [4.78, 5) is 16.2. The number of nitrogens with one attached hydrogen (secondary N) is 1. The van der Waals surface area contributed by atoms with Crippen LogP contribution in [0.4, 0.5) is 9.18 Å². The zero-order valence-corrected chi connectivity index (χ0v) is 14.1. The van der Waals surface area contributed by atoms with E-state index in [-0.39, 0.29) is 5.82 Å². The normalized spacial score (nSPS) is 19.1. The van der Waals surface area contributed by atoms with Gasteiger partial charge in [-0.2, -0.15) is 0 Å². The fourth-order valence-corrected chi connectivity index (χ4v) is 3.23. The summed E-state index contributed by atoms with van der Waals surface area (Å²) in [6.07, 6.45) is 2.36. The Bertz CT molecular complexity index is 973. The molecule has 0 saturated carbocycles. The highest BCUT2D eigenvalue weighted by Crippen LogP contribution is 2.37. The third-order valence-electron chi connectivity index (χ3n) is 4.46. The van der Waals surface area contributed by atoms with Gasteiger partial charge in [0.2, 0.25) is 0 Å². The summed E-state index contributed by atoms with van der Waals surface area (Å²) < 4.78 is 19.0. The van der Waals surface area contributed by atoms with Crippen LogP contribution in [0.1, 0.15) is 28.8 Å². The van der Waals surface area contributed by atoms with Gasteiger partial charge in [-0.25, -0.2) is 9.18 Å². The van der Waals surface area contributed by atoms with Crippen LogP contribution in [-0.4, -0.2) is 11.1 Å². The summed E-state index contributed by atoms with van der Waals surface area (Å²) in [6, 6.07) is 15.8. The summed E-state index contributed by atoms with van der Waals surface area (Å²) in [5.41, 5.74) is 4.57. The van der Waals surface area contributed by atoms with E-state index in [9.17, 15) is 9.18 Å². The van der Waals surface area contributed by atoms with Gasteiger partial charge in [-0.1, -0.05) is 42.0 Å². The first-order valence-corrected chi connectivity index (χ1v) is 8.35. The number of halogens is 1. The number of amides is 1. The van der Waals surface area contributed by atoms with Gasteiger partial charge in [-0.3, -0.25) is 4.98 Å². The molecule has 1 amide bonds. The zero-order chi connectivity index (χ0) is 18.1. The lowest BCUT2D eigenvalue weighted by atomic mass is 9.95. The van der Waals surface area contributed by atoms with Crippen LogP contribution in [0, 0.1) is 12.7 Å². The average molecular weight is 348 g/mol. The number of carbonyl (C=O) groups is 1. The van der Waals surface area contributed by atoms with Gasteiger partial charge in [-0.05, 0) is 41.8 Å². The molecule has 0 aliphatic carbocycles. The molecule has 1 aromatic heterocycles. The Balaban J connectivity index is 1.71. The SMILES string of the molecule is Cc1cccc(-c2cncc([C@H]3NC(=O)OC3c3cccc(F)c3)c2)c1. The monoisotopic (exact) mass is 348 g/mol. The fourth-order valence-electron chi connectivity index (χ4n) is 3.23. The Morgan fingerprint density at radius 2 is 1.85 bits per heavy atom. The molecule has 0 bridgehead atoms. The Kier molecular flexibility index (Phi) is 4.13. The first-order chi connectivity index (χ1) is 12.6. The van der Waals surface area contributed by atoms with Gasteiger partial charge in [-0.15, -0.1) is 0 Å². The highest BCUT2D eigenvalue weighted by Gasteiger charge is 2.36. The third-order valence-corrected chi connectivity index (χ3v) is 4.46. The largest absolute Gasteiger partial charge is 0.439 e. The molecule has 1 N–H and O–H groups in total. The fraction of sp³-hybridized carbons (Fsp3) is 0.143. The first-order valence-electron chi connectivity index (χ1n) is 8.35. The molecular weight excluding hydrogens is 331 g/mol. The van der Waals surface area contributed by atoms with Crippen LogP contribution >= 0.6 is 0 Å². The van der Waals surface area contributed by atoms with E-state index in [0.29, 0.717) is 5.56 Å². The van der Waals surface area contributed by atoms with Gasteiger partial charge in [0.25, 0.3) is 0 Å². The molecule has 130 valence electrons. The van der Waals surface area contributed by atoms with Crippen LogP contribution in [-0.2, 0) is 4.74 Å². The maximum Gasteiger partial charge on any atom is 0.408 e. The van der Waals surface area contributed by atoms with Gasteiger partial charge >= 0.3 is 6.09 Å². The predicted octanol–water partition coefficient (Wildman–Crippen LogP) is 4.72. The molecule has 0 spiro atoms. The molecule has 4 rings (SSSR count). The van der Waals surface area contributed by atoms with Crippen molar-refractivity contribution in [3.63, 3.8) is 0 Å². The van der Waals surface area contributed by atoms with E-state index in [1.54, 1.807) is 24.5 Å². The predicted molar refractivity (Wildman–Crippen MR) is 95.9 cm³/mol. The van der Waals surface area contributed by atoms with E-state index in [1.807, 2.05) is 31.2 Å². The van der Waals surface area contributed by atoms with Crippen molar-refractivity contribution in [2.45, 2.75) is 19.1 Å². The number of rotatable bonds is 3. The Hall–Kier alpha value is -3.21. The van der Waals surface area contributed by atoms with E-state index >= 15 is 0 Å². The molecule has 1 unspecified atom stereocenters. The molecule has 5 heteroatoms. The quantitative estimate of drug-likeness (QED) is 0.745. The number of nitrogens with zero attached hydrogens (tertiary/aromatic N) is 1. The summed E-state index contributed by atoms with van der Waals surface area (Å²) in [5, 5.41) is 2.80. The molecule has 2 heterocycles. The molecule has 2 aromatic carbocycles. The molecular formula is C21H17FN2O2. The number of pyridine rings is 1. The van der Waals surface area contributed by atoms with Gasteiger partial charge in [0.15, 0.2) is 6.10 Å². The van der Waals surface area contributed by atoms with Gasteiger partial charge in [0, 0.05) is 18.0 Å². The second-order valence-electron chi connectivity index (χ2n) is 6.38. The summed E-state index contributed by atoms with van der Waals surface area (Å²) >= 11 is 0. The second kappa shape index (κ2) is 6.59. The van der Waals surface area contributed by atoms with Crippen molar-refractivity contribution in [2.24, 2.45) is 0 Å². The minimum atomic E-state index is -0.604. The van der Waals surface area contributed by atoms with Gasteiger partial charge < -0.3 is 10.1 Å². The van der Waals surface area contributed by atoms with E-state index in [1.165, 1.54) is 12.1 Å². The van der Waals surface area contributed by atoms with Crippen LogP contribution in [0.15, 0.2) is 67.0 Å². The molecule has 1 aliphatic heterocycles. The number of aryl methyl sites for hydroxylation is 1. The standard InChI is InChI=1S/C21H17FN2O2/c1-13-4-2-5-14(8-13)16-9-17(12-23-11-16)19-20(26-21(25)24-19)15-6-3-7-18(22)10-15/h2-12,19-20H,1H3,(H,24,25)/t19-,20?/m1/s1. The Morgan fingerprint density at radius 1 is 1.00 bits per heavy atom. The lowest BCUT2D eigenvalue weighted by Gasteiger charge is -2.18. The van der Waals surface area contributed by atoms with Crippen LogP contribution in [0.25, 0.3) is 11.1 Å². The number of benzene rings is 2. The minimum absolute atomic E-state index is 0.365. The lowest BCUT2D eigenvalue weighted by molar-refractivity contribution is 0.132. The molecule has 4 nitrogen and oxygen atoms in total. The molecule has 2 atom stereocenters. The van der Waals surface area contributed by atoms with Crippen molar-refractivity contribution in [2.75, 3.05) is 0 Å². The maximum absolute atomic E-state index is 13.6. The number of cyclic esters (lactones) is 1. The first kappa shape index (κ1) is 16.3. The third kappa shape index (κ3) is 3.16. The van der Waals surface area contributed by atoms with Crippen molar-refractivity contribution in [1.82, 2.24) is 10.3 Å². The maximum atomic E-state index is 13.6. The Morgan fingerprint density at radius 3 is 2.65 bits per heavy atom. The Labute approximate surface area is 150 Å². The number of carbonyl (C=O) groups excluding carboxylic acids is 1. The topological polar surface area (TPSA) is 51.2 Å². The number of hydrogen-bond donors (Lipinski definition) is 1. The number of alkyl carbamates (subject to hydrolysis) is 1. The van der Waals surface area contributed by atoms with Crippen molar-refractivity contribution < 1.29 is 13.9 Å². The van der Waals surface area contributed by atoms with Crippen molar-refractivity contribution in [1.29, 1.82) is 0 Å². The van der Waals surface area contributed by atoms with Gasteiger partial charge in [0.05, 0.1) is 0 Å². The van der Waals surface area contributed by atoms with Crippen molar-refractivity contribution in [3.05, 3.63) is 89.5 Å². The van der Waals surface area contributed by atoms with E-state index in [4.69, 9.17) is 4.74 Å². The van der Waals surface area contributed by atoms with Crippen molar-refractivity contribution in [3.8, 4) is 11.1 Å². The smallest absolute Gasteiger partial charge is 0.408 e. The lowest BCUT2D eigenvalue weighted by Crippen LogP contribution is -2.19. The summed E-state index contributed by atoms with van der Waals surface area (Å²) in [7, 11) is 0. The van der Waals surface area contributed by atoms with E-state index < -0.39 is 18.2 Å². The van der Waals surface area contributed by atoms with Crippen LogP contribution in [0.5, 0.6) is 0 Å². The molecule has 1 saturated heterocycles. The van der Waals surface area contributed by atoms with Gasteiger partial charge in [0.1, 0.15) is 11.9 Å². The number of ether oxygens (including phenoxy) is 1. The number of hydrogen-bond acceptors (Lipinski definition) is 3. The summed E-state index contributed by atoms with van der Waals surface area (Å²) in [6.45, 7) is 2.03. The molecule has 3 aromatic rings. The van der Waals surface area contributed by atoms with Crippen molar-refractivity contribution >= 4 is 6.09 Å². The zero-order valence-electron chi connectivity index (χ0n) is 14.1. The average Bonchev–Trinajstić information content (AvgIpc) is 3.04. The van der Waals surface area contributed by atoms with Crippen LogP contribution < -0.4 is 5.32 Å². The number of aromatic nitrogens is 1. The molecule has 26 heavy (non-hydrogen) atoms. The molecule has 1 fully saturated rings. The molecule has 1 aliphatic rings.